The minimum atomic E-state index is 0.0761. The first-order chi connectivity index (χ1) is 6.77. The minimum Gasteiger partial charge on any atom is -0.471 e. The highest BCUT2D eigenvalue weighted by Gasteiger charge is 2.26. The number of nitrogen functional groups attached to an aromatic ring is 1. The summed E-state index contributed by atoms with van der Waals surface area (Å²) in [4.78, 5) is 4.07. The lowest BCUT2D eigenvalue weighted by Gasteiger charge is -2.17. The van der Waals surface area contributed by atoms with Gasteiger partial charge in [0, 0.05) is 12.2 Å². The van der Waals surface area contributed by atoms with Crippen LogP contribution in [0.1, 0.15) is 19.3 Å². The molecule has 1 saturated carbocycles. The Morgan fingerprint density at radius 3 is 2.93 bits per heavy atom. The molecule has 2 atom stereocenters. The van der Waals surface area contributed by atoms with E-state index in [-0.39, 0.29) is 12.1 Å². The molecule has 0 bridgehead atoms. The van der Waals surface area contributed by atoms with E-state index in [2.05, 4.69) is 4.98 Å². The Kier molecular flexibility index (Phi) is 2.54. The van der Waals surface area contributed by atoms with Crippen LogP contribution in [0.4, 0.5) is 5.69 Å². The van der Waals surface area contributed by atoms with Crippen LogP contribution in [-0.4, -0.2) is 17.1 Å². The lowest BCUT2D eigenvalue weighted by Crippen LogP contribution is -2.34. The van der Waals surface area contributed by atoms with Gasteiger partial charge < -0.3 is 16.2 Å². The van der Waals surface area contributed by atoms with Crippen molar-refractivity contribution in [3.8, 4) is 5.88 Å². The molecule has 0 amide bonds. The minimum absolute atomic E-state index is 0.0761. The van der Waals surface area contributed by atoms with Crippen molar-refractivity contribution in [3.63, 3.8) is 0 Å². The Morgan fingerprint density at radius 1 is 1.43 bits per heavy atom. The topological polar surface area (TPSA) is 74.2 Å². The highest BCUT2D eigenvalue weighted by molar-refractivity contribution is 5.47. The largest absolute Gasteiger partial charge is 0.471 e. The summed E-state index contributed by atoms with van der Waals surface area (Å²) in [6.07, 6.45) is 4.89. The van der Waals surface area contributed by atoms with Gasteiger partial charge in [-0.05, 0) is 31.4 Å². The number of aromatic nitrogens is 1. The summed E-state index contributed by atoms with van der Waals surface area (Å²) in [7, 11) is 0. The summed E-state index contributed by atoms with van der Waals surface area (Å²) < 4.78 is 5.66. The van der Waals surface area contributed by atoms with E-state index in [1.54, 1.807) is 18.3 Å². The van der Waals surface area contributed by atoms with Crippen molar-refractivity contribution in [3.05, 3.63) is 18.3 Å². The third kappa shape index (κ3) is 1.80. The molecule has 2 unspecified atom stereocenters. The van der Waals surface area contributed by atoms with Crippen LogP contribution in [-0.2, 0) is 0 Å². The van der Waals surface area contributed by atoms with E-state index >= 15 is 0 Å². The van der Waals surface area contributed by atoms with E-state index in [1.807, 2.05) is 0 Å². The fourth-order valence-electron chi connectivity index (χ4n) is 1.75. The quantitative estimate of drug-likeness (QED) is 0.732. The smallest absolute Gasteiger partial charge is 0.237 e. The van der Waals surface area contributed by atoms with Gasteiger partial charge >= 0.3 is 0 Å². The van der Waals surface area contributed by atoms with Gasteiger partial charge in [0.1, 0.15) is 6.10 Å². The first-order valence-corrected chi connectivity index (χ1v) is 4.90. The van der Waals surface area contributed by atoms with Gasteiger partial charge in [-0.1, -0.05) is 0 Å². The van der Waals surface area contributed by atoms with Crippen molar-refractivity contribution < 1.29 is 4.74 Å². The molecule has 0 aromatic carbocycles. The summed E-state index contributed by atoms with van der Waals surface area (Å²) in [5.41, 5.74) is 12.2. The SMILES string of the molecule is Nc1cccnc1OC1CCCC1N. The summed E-state index contributed by atoms with van der Waals surface area (Å²) in [6, 6.07) is 3.69. The molecule has 1 aromatic heterocycles. The van der Waals surface area contributed by atoms with Crippen LogP contribution in [0.15, 0.2) is 18.3 Å². The first-order valence-electron chi connectivity index (χ1n) is 4.90. The molecule has 2 rings (SSSR count). The normalized spacial score (nSPS) is 26.4. The van der Waals surface area contributed by atoms with Crippen LogP contribution in [0.3, 0.4) is 0 Å². The number of hydrogen-bond donors (Lipinski definition) is 2. The van der Waals surface area contributed by atoms with Crippen molar-refractivity contribution in [2.45, 2.75) is 31.4 Å². The van der Waals surface area contributed by atoms with Gasteiger partial charge in [-0.2, -0.15) is 0 Å². The zero-order valence-electron chi connectivity index (χ0n) is 8.02. The molecule has 4 N–H and O–H groups in total. The van der Waals surface area contributed by atoms with Crippen LogP contribution in [0.5, 0.6) is 5.88 Å². The maximum Gasteiger partial charge on any atom is 0.237 e. The number of nitrogens with two attached hydrogens (primary N) is 2. The molecule has 0 spiro atoms. The summed E-state index contributed by atoms with van der Waals surface area (Å²) in [5.74, 6) is 0.509. The lowest BCUT2D eigenvalue weighted by molar-refractivity contribution is 0.185. The van der Waals surface area contributed by atoms with Gasteiger partial charge in [-0.3, -0.25) is 0 Å². The fourth-order valence-corrected chi connectivity index (χ4v) is 1.75. The van der Waals surface area contributed by atoms with Crippen LogP contribution in [0, 0.1) is 0 Å². The maximum absolute atomic E-state index is 5.88. The predicted octanol–water partition coefficient (Wildman–Crippen LogP) is 0.922. The molecule has 1 heterocycles. The zero-order chi connectivity index (χ0) is 9.97. The lowest BCUT2D eigenvalue weighted by atomic mass is 10.2. The summed E-state index contributed by atoms with van der Waals surface area (Å²) in [5, 5.41) is 0. The Labute approximate surface area is 83.3 Å². The van der Waals surface area contributed by atoms with Crippen molar-refractivity contribution >= 4 is 5.69 Å². The molecule has 0 saturated heterocycles. The number of hydrogen-bond acceptors (Lipinski definition) is 4. The monoisotopic (exact) mass is 193 g/mol. The second-order valence-corrected chi connectivity index (χ2v) is 3.65. The first kappa shape index (κ1) is 9.27. The second kappa shape index (κ2) is 3.84. The number of nitrogens with zero attached hydrogens (tertiary/aromatic N) is 1. The summed E-state index contributed by atoms with van der Waals surface area (Å²) >= 11 is 0. The van der Waals surface area contributed by atoms with Crippen molar-refractivity contribution in [1.29, 1.82) is 0 Å². The van der Waals surface area contributed by atoms with Crippen LogP contribution >= 0.6 is 0 Å². The van der Waals surface area contributed by atoms with Gasteiger partial charge in [0.15, 0.2) is 0 Å². The molecule has 1 fully saturated rings. The van der Waals surface area contributed by atoms with Crippen molar-refractivity contribution in [2.24, 2.45) is 5.73 Å². The molecule has 0 radical (unpaired) electrons. The van der Waals surface area contributed by atoms with Crippen molar-refractivity contribution in [2.75, 3.05) is 5.73 Å². The molecule has 76 valence electrons. The average Bonchev–Trinajstić information content (AvgIpc) is 2.56. The highest BCUT2D eigenvalue weighted by Crippen LogP contribution is 2.25. The number of anilines is 1. The Hall–Kier alpha value is -1.29. The predicted molar refractivity (Wildman–Crippen MR) is 54.9 cm³/mol. The number of rotatable bonds is 2. The van der Waals surface area contributed by atoms with Gasteiger partial charge in [0.25, 0.3) is 0 Å². The van der Waals surface area contributed by atoms with E-state index in [9.17, 15) is 0 Å². The standard InChI is InChI=1S/C10H15N3O/c11-7-3-1-5-9(7)14-10-8(12)4-2-6-13-10/h2,4,6-7,9H,1,3,5,11-12H2. The van der Waals surface area contributed by atoms with Gasteiger partial charge in [0.2, 0.25) is 5.88 Å². The van der Waals surface area contributed by atoms with Crippen LogP contribution in [0.25, 0.3) is 0 Å². The van der Waals surface area contributed by atoms with Crippen molar-refractivity contribution in [1.82, 2.24) is 4.98 Å². The molecule has 0 aliphatic heterocycles. The second-order valence-electron chi connectivity index (χ2n) is 3.65. The number of ether oxygens (including phenoxy) is 1. The van der Waals surface area contributed by atoms with E-state index in [0.717, 1.165) is 19.3 Å². The van der Waals surface area contributed by atoms with Crippen LogP contribution < -0.4 is 16.2 Å². The highest BCUT2D eigenvalue weighted by atomic mass is 16.5. The van der Waals surface area contributed by atoms with E-state index < -0.39 is 0 Å². The van der Waals surface area contributed by atoms with Gasteiger partial charge in [-0.25, -0.2) is 4.98 Å². The average molecular weight is 193 g/mol. The van der Waals surface area contributed by atoms with E-state index in [0.29, 0.717) is 11.6 Å². The maximum atomic E-state index is 5.88. The summed E-state index contributed by atoms with van der Waals surface area (Å²) in [6.45, 7) is 0. The molecular formula is C10H15N3O. The van der Waals surface area contributed by atoms with E-state index in [4.69, 9.17) is 16.2 Å². The molecule has 4 heteroatoms. The van der Waals surface area contributed by atoms with Crippen LogP contribution in [0.2, 0.25) is 0 Å². The van der Waals surface area contributed by atoms with Gasteiger partial charge in [-0.15, -0.1) is 0 Å². The molecule has 14 heavy (non-hydrogen) atoms. The third-order valence-electron chi connectivity index (χ3n) is 2.57. The molecular weight excluding hydrogens is 178 g/mol. The third-order valence-corrected chi connectivity index (χ3v) is 2.57. The number of pyridine rings is 1. The molecule has 1 aliphatic rings. The molecule has 4 nitrogen and oxygen atoms in total. The van der Waals surface area contributed by atoms with Gasteiger partial charge in [0.05, 0.1) is 5.69 Å². The Balaban J connectivity index is 2.07. The molecule has 1 aromatic rings. The zero-order valence-corrected chi connectivity index (χ0v) is 8.02. The fraction of sp³-hybridized carbons (Fsp3) is 0.500. The Morgan fingerprint density at radius 2 is 2.29 bits per heavy atom. The van der Waals surface area contributed by atoms with E-state index in [1.165, 1.54) is 0 Å². The molecule has 1 aliphatic carbocycles. The Bertz CT molecular complexity index is 316.